The van der Waals surface area contributed by atoms with Crippen LogP contribution in [0.4, 0.5) is 0 Å². The third-order valence-corrected chi connectivity index (χ3v) is 3.04. The summed E-state index contributed by atoms with van der Waals surface area (Å²) in [5, 5.41) is 4.91. The molecule has 1 aliphatic heterocycles. The highest BCUT2D eigenvalue weighted by Gasteiger charge is 1.96. The van der Waals surface area contributed by atoms with Crippen molar-refractivity contribution in [3.8, 4) is 0 Å². The quantitative estimate of drug-likeness (QED) is 0.720. The fraction of sp³-hybridized carbons (Fsp3) is 0.154. The van der Waals surface area contributed by atoms with Gasteiger partial charge < -0.3 is 5.32 Å². The van der Waals surface area contributed by atoms with Crippen LogP contribution in [-0.2, 0) is 4.79 Å². The lowest BCUT2D eigenvalue weighted by Gasteiger charge is -1.92. The maximum Gasteiger partial charge on any atom is 0.230 e. The van der Waals surface area contributed by atoms with Crippen molar-refractivity contribution in [2.75, 3.05) is 12.3 Å². The number of carbonyl (C=O) groups is 1. The Balaban J connectivity index is 2.40. The fourth-order valence-electron chi connectivity index (χ4n) is 1.42. The van der Waals surface area contributed by atoms with Gasteiger partial charge in [-0.3, -0.25) is 14.8 Å². The van der Waals surface area contributed by atoms with Crippen molar-refractivity contribution in [2.45, 2.75) is 0 Å². The number of hydrogen-bond donors (Lipinski definition) is 1. The Labute approximate surface area is 109 Å². The van der Waals surface area contributed by atoms with Crippen molar-refractivity contribution in [2.24, 2.45) is 9.98 Å². The Morgan fingerprint density at radius 2 is 2.06 bits per heavy atom. The van der Waals surface area contributed by atoms with Gasteiger partial charge in [-0.15, -0.1) is 0 Å². The number of carbonyl (C=O) groups excluding carboxylic acids is 1. The number of hydrogen-bond acceptors (Lipinski definition) is 5. The van der Waals surface area contributed by atoms with E-state index in [1.807, 2.05) is 30.5 Å². The van der Waals surface area contributed by atoms with Gasteiger partial charge >= 0.3 is 0 Å². The molecule has 2 rings (SSSR count). The molecule has 0 atom stereocenters. The smallest absolute Gasteiger partial charge is 0.230 e. The topological polar surface area (TPSA) is 53.8 Å². The van der Waals surface area contributed by atoms with Crippen molar-refractivity contribution >= 4 is 41.8 Å². The zero-order chi connectivity index (χ0) is 12.6. The second-order valence-corrected chi connectivity index (χ2v) is 4.65. The van der Waals surface area contributed by atoms with Crippen molar-refractivity contribution in [1.82, 2.24) is 5.32 Å². The van der Waals surface area contributed by atoms with Crippen molar-refractivity contribution in [3.05, 3.63) is 34.7 Å². The van der Waals surface area contributed by atoms with E-state index >= 15 is 0 Å². The zero-order valence-corrected chi connectivity index (χ0v) is 10.6. The SMILES string of the molecule is O=C1C=N/C=c2/cccc/c2=C/NC=NCCS1. The predicted molar refractivity (Wildman–Crippen MR) is 77.1 cm³/mol. The highest BCUT2D eigenvalue weighted by Crippen LogP contribution is 1.99. The third kappa shape index (κ3) is 3.85. The molecular weight excluding hydrogens is 246 g/mol. The molecule has 0 aliphatic carbocycles. The number of fused-ring (bicyclic) bond motifs is 1. The van der Waals surface area contributed by atoms with Gasteiger partial charge in [-0.05, 0) is 5.22 Å². The predicted octanol–water partition coefficient (Wildman–Crippen LogP) is 0.125. The van der Waals surface area contributed by atoms with E-state index in [4.69, 9.17) is 0 Å². The molecule has 0 saturated heterocycles. The molecule has 0 unspecified atom stereocenters. The van der Waals surface area contributed by atoms with Crippen molar-refractivity contribution in [3.63, 3.8) is 0 Å². The Bertz CT molecular complexity index is 592. The second kappa shape index (κ2) is 6.76. The standard InChI is InChI=1S/C13H13N3OS/c17-13-9-15-7-11-3-1-2-4-12(11)8-16-10-14-5-6-18-13/h1-4,7-10H,5-6H2,(H,14,16)/b11-7-,12-8-,15-9?. The number of nitrogens with one attached hydrogen (secondary N) is 1. The summed E-state index contributed by atoms with van der Waals surface area (Å²) in [6, 6.07) is 7.80. The first kappa shape index (κ1) is 12.6. The first-order valence-corrected chi connectivity index (χ1v) is 6.54. The Hall–Kier alpha value is -1.88. The molecule has 18 heavy (non-hydrogen) atoms. The molecule has 0 saturated carbocycles. The number of thioether (sulfide) groups is 1. The minimum atomic E-state index is -0.0462. The number of aliphatic imine (C=N–C) groups is 2. The summed E-state index contributed by atoms with van der Waals surface area (Å²) in [7, 11) is 0. The van der Waals surface area contributed by atoms with Crippen LogP contribution in [-0.4, -0.2) is 30.0 Å². The van der Waals surface area contributed by atoms with E-state index < -0.39 is 0 Å². The first-order valence-electron chi connectivity index (χ1n) is 5.56. The average molecular weight is 259 g/mol. The van der Waals surface area contributed by atoms with Crippen LogP contribution in [0.15, 0.2) is 34.3 Å². The van der Waals surface area contributed by atoms with Crippen LogP contribution in [0.5, 0.6) is 0 Å². The highest BCUT2D eigenvalue weighted by molar-refractivity contribution is 8.15. The summed E-state index contributed by atoms with van der Waals surface area (Å²) in [5.41, 5.74) is 0. The lowest BCUT2D eigenvalue weighted by atomic mass is 10.2. The molecule has 1 heterocycles. The number of nitrogens with zero attached hydrogens (tertiary/aromatic N) is 2. The van der Waals surface area contributed by atoms with E-state index in [9.17, 15) is 4.79 Å². The van der Waals surface area contributed by atoms with Gasteiger partial charge in [0.2, 0.25) is 5.12 Å². The van der Waals surface area contributed by atoms with Crippen LogP contribution in [0.1, 0.15) is 0 Å². The molecule has 1 N–H and O–H groups in total. The van der Waals surface area contributed by atoms with Crippen LogP contribution >= 0.6 is 11.8 Å². The summed E-state index contributed by atoms with van der Waals surface area (Å²) in [6.07, 6.45) is 6.52. The van der Waals surface area contributed by atoms with Crippen LogP contribution < -0.4 is 15.8 Å². The summed E-state index contributed by atoms with van der Waals surface area (Å²) in [4.78, 5) is 19.6. The maximum absolute atomic E-state index is 11.4. The molecule has 0 fully saturated rings. The first-order chi connectivity index (χ1) is 8.86. The summed E-state index contributed by atoms with van der Waals surface area (Å²) in [5.74, 6) is 0.663. The van der Waals surface area contributed by atoms with Gasteiger partial charge in [0.05, 0.1) is 19.1 Å². The maximum atomic E-state index is 11.4. The lowest BCUT2D eigenvalue weighted by Crippen LogP contribution is -2.26. The minimum Gasteiger partial charge on any atom is -0.352 e. The van der Waals surface area contributed by atoms with Gasteiger partial charge in [0.15, 0.2) is 0 Å². The zero-order valence-electron chi connectivity index (χ0n) is 9.74. The lowest BCUT2D eigenvalue weighted by molar-refractivity contribution is -0.105. The molecule has 4 nitrogen and oxygen atoms in total. The Morgan fingerprint density at radius 3 is 2.94 bits per heavy atom. The minimum absolute atomic E-state index is 0.0462. The molecule has 0 radical (unpaired) electrons. The Morgan fingerprint density at radius 1 is 1.22 bits per heavy atom. The molecule has 5 heteroatoms. The van der Waals surface area contributed by atoms with E-state index in [-0.39, 0.29) is 5.12 Å². The van der Waals surface area contributed by atoms with Crippen molar-refractivity contribution < 1.29 is 4.79 Å². The highest BCUT2D eigenvalue weighted by atomic mass is 32.2. The summed E-state index contributed by atoms with van der Waals surface area (Å²) >= 11 is 1.22. The number of benzene rings is 1. The second-order valence-electron chi connectivity index (χ2n) is 3.55. The Kier molecular flexibility index (Phi) is 4.72. The van der Waals surface area contributed by atoms with Gasteiger partial charge in [-0.1, -0.05) is 36.0 Å². The van der Waals surface area contributed by atoms with Gasteiger partial charge in [0.1, 0.15) is 0 Å². The van der Waals surface area contributed by atoms with E-state index in [1.165, 1.54) is 18.0 Å². The van der Waals surface area contributed by atoms with E-state index in [1.54, 1.807) is 12.5 Å². The number of rotatable bonds is 0. The van der Waals surface area contributed by atoms with E-state index in [0.717, 1.165) is 10.4 Å². The van der Waals surface area contributed by atoms with E-state index in [2.05, 4.69) is 15.3 Å². The fourth-order valence-corrected chi connectivity index (χ4v) is 1.95. The molecule has 1 aromatic carbocycles. The molecule has 0 bridgehead atoms. The normalized spacial score (nSPS) is 19.9. The van der Waals surface area contributed by atoms with Gasteiger partial charge in [0.25, 0.3) is 0 Å². The molecule has 1 aromatic rings. The molecule has 92 valence electrons. The summed E-state index contributed by atoms with van der Waals surface area (Å²) < 4.78 is 0. The van der Waals surface area contributed by atoms with Gasteiger partial charge in [-0.25, -0.2) is 0 Å². The average Bonchev–Trinajstić information content (AvgIpc) is 2.40. The largest absolute Gasteiger partial charge is 0.352 e. The monoisotopic (exact) mass is 259 g/mol. The van der Waals surface area contributed by atoms with Gasteiger partial charge in [0, 0.05) is 23.4 Å². The van der Waals surface area contributed by atoms with Crippen LogP contribution in [0.3, 0.4) is 0 Å². The van der Waals surface area contributed by atoms with Crippen LogP contribution in [0.25, 0.3) is 12.4 Å². The molecule has 1 aliphatic rings. The molecule has 0 aromatic heterocycles. The summed E-state index contributed by atoms with van der Waals surface area (Å²) in [6.45, 7) is 0.608. The van der Waals surface area contributed by atoms with Crippen molar-refractivity contribution in [1.29, 1.82) is 0 Å². The van der Waals surface area contributed by atoms with Gasteiger partial charge in [-0.2, -0.15) is 0 Å². The van der Waals surface area contributed by atoms with Crippen LogP contribution in [0.2, 0.25) is 0 Å². The molecular formula is C13H13N3OS. The van der Waals surface area contributed by atoms with Crippen LogP contribution in [0, 0.1) is 0 Å². The third-order valence-electron chi connectivity index (χ3n) is 2.26. The molecule has 0 amide bonds. The molecule has 0 spiro atoms. The van der Waals surface area contributed by atoms with E-state index in [0.29, 0.717) is 12.3 Å².